The van der Waals surface area contributed by atoms with Crippen LogP contribution in [-0.2, 0) is 23.8 Å². The van der Waals surface area contributed by atoms with Gasteiger partial charge in [-0.15, -0.1) is 0 Å². The van der Waals surface area contributed by atoms with Gasteiger partial charge >= 0.3 is 5.97 Å². The largest absolute Gasteiger partial charge is 0.465 e. The first-order valence-electron chi connectivity index (χ1n) is 5.49. The second kappa shape index (κ2) is 6.35. The van der Waals surface area contributed by atoms with Crippen LogP contribution in [0.5, 0.6) is 0 Å². The number of ether oxygens (including phenoxy) is 3. The van der Waals surface area contributed by atoms with Gasteiger partial charge in [-0.3, -0.25) is 9.59 Å². The Morgan fingerprint density at radius 3 is 2.59 bits per heavy atom. The van der Waals surface area contributed by atoms with Crippen molar-refractivity contribution < 1.29 is 23.8 Å². The summed E-state index contributed by atoms with van der Waals surface area (Å²) in [7, 11) is 0. The van der Waals surface area contributed by atoms with Gasteiger partial charge < -0.3 is 14.2 Å². The minimum Gasteiger partial charge on any atom is -0.465 e. The van der Waals surface area contributed by atoms with Crippen LogP contribution in [0.4, 0.5) is 0 Å². The molecule has 0 spiro atoms. The van der Waals surface area contributed by atoms with E-state index in [-0.39, 0.29) is 41.6 Å². The van der Waals surface area contributed by atoms with E-state index in [1.54, 1.807) is 0 Å². The molecule has 5 nitrogen and oxygen atoms in total. The van der Waals surface area contributed by atoms with Crippen molar-refractivity contribution in [2.45, 2.75) is 38.0 Å². The summed E-state index contributed by atoms with van der Waals surface area (Å²) < 4.78 is 15.6. The van der Waals surface area contributed by atoms with Crippen molar-refractivity contribution in [2.24, 2.45) is 11.8 Å². The molecular formula is C11H17BrO5. The summed E-state index contributed by atoms with van der Waals surface area (Å²) in [5, 5.41) is -0.377. The molecule has 1 aliphatic rings. The molecule has 98 valence electrons. The Labute approximate surface area is 109 Å². The first kappa shape index (κ1) is 14.4. The number of alkyl halides is 1. The Morgan fingerprint density at radius 2 is 2.06 bits per heavy atom. The standard InChI is InChI=1S/C11H17BrO5/c1-6-7(2)10(16-8(3)14)11(12)17-9(6)4-15-5-13/h5-7,9-11H,4H2,1-3H3. The van der Waals surface area contributed by atoms with E-state index in [1.807, 2.05) is 13.8 Å². The molecule has 6 heteroatoms. The van der Waals surface area contributed by atoms with Crippen molar-refractivity contribution >= 4 is 28.4 Å². The molecule has 0 amide bonds. The number of hydrogen-bond donors (Lipinski definition) is 0. The van der Waals surface area contributed by atoms with Gasteiger partial charge in [0.05, 0.1) is 6.10 Å². The fraction of sp³-hybridized carbons (Fsp3) is 0.818. The molecule has 1 heterocycles. The molecule has 0 saturated carbocycles. The van der Waals surface area contributed by atoms with Gasteiger partial charge in [-0.1, -0.05) is 29.8 Å². The van der Waals surface area contributed by atoms with E-state index in [9.17, 15) is 9.59 Å². The highest BCUT2D eigenvalue weighted by Crippen LogP contribution is 2.35. The normalized spacial score (nSPS) is 37.3. The summed E-state index contributed by atoms with van der Waals surface area (Å²) in [5.41, 5.74) is 0. The fourth-order valence-electron chi connectivity index (χ4n) is 1.92. The second-order valence-corrected chi connectivity index (χ2v) is 5.15. The lowest BCUT2D eigenvalue weighted by atomic mass is 9.84. The molecule has 0 aromatic rings. The quantitative estimate of drug-likeness (QED) is 0.447. The van der Waals surface area contributed by atoms with Crippen molar-refractivity contribution in [3.05, 3.63) is 0 Å². The molecule has 0 N–H and O–H groups in total. The Bertz CT molecular complexity index is 283. The molecule has 0 aliphatic carbocycles. The van der Waals surface area contributed by atoms with E-state index < -0.39 is 0 Å². The minimum atomic E-state index is -0.377. The van der Waals surface area contributed by atoms with Crippen LogP contribution < -0.4 is 0 Å². The molecule has 5 unspecified atom stereocenters. The summed E-state index contributed by atoms with van der Waals surface area (Å²) in [6, 6.07) is 0. The third-order valence-corrected chi connectivity index (χ3v) is 3.86. The molecule has 1 rings (SSSR count). The van der Waals surface area contributed by atoms with Crippen LogP contribution in [0, 0.1) is 11.8 Å². The zero-order valence-corrected chi connectivity index (χ0v) is 11.7. The number of rotatable bonds is 4. The molecule has 0 bridgehead atoms. The number of hydrogen-bond acceptors (Lipinski definition) is 5. The Balaban J connectivity index is 2.65. The zero-order chi connectivity index (χ0) is 13.0. The van der Waals surface area contributed by atoms with Gasteiger partial charge in [-0.05, 0) is 5.92 Å². The highest BCUT2D eigenvalue weighted by molar-refractivity contribution is 9.09. The molecule has 1 saturated heterocycles. The third-order valence-electron chi connectivity index (χ3n) is 3.13. The first-order chi connectivity index (χ1) is 7.97. The lowest BCUT2D eigenvalue weighted by Crippen LogP contribution is -2.49. The van der Waals surface area contributed by atoms with Crippen LogP contribution in [0.3, 0.4) is 0 Å². The van der Waals surface area contributed by atoms with Crippen LogP contribution in [0.1, 0.15) is 20.8 Å². The lowest BCUT2D eigenvalue weighted by molar-refractivity contribution is -0.181. The number of esters is 1. The highest BCUT2D eigenvalue weighted by atomic mass is 79.9. The van der Waals surface area contributed by atoms with E-state index >= 15 is 0 Å². The van der Waals surface area contributed by atoms with Crippen molar-refractivity contribution in [1.29, 1.82) is 0 Å². The smallest absolute Gasteiger partial charge is 0.303 e. The average Bonchev–Trinajstić information content (AvgIpc) is 2.27. The minimum absolute atomic E-state index is 0.122. The highest BCUT2D eigenvalue weighted by Gasteiger charge is 2.42. The fourth-order valence-corrected chi connectivity index (χ4v) is 2.79. The molecule has 1 fully saturated rings. The van der Waals surface area contributed by atoms with Gasteiger partial charge in [-0.2, -0.15) is 0 Å². The van der Waals surface area contributed by atoms with Crippen molar-refractivity contribution in [3.8, 4) is 0 Å². The molecule has 1 aliphatic heterocycles. The van der Waals surface area contributed by atoms with Crippen molar-refractivity contribution in [2.75, 3.05) is 6.61 Å². The van der Waals surface area contributed by atoms with E-state index in [0.717, 1.165) is 0 Å². The number of carbonyl (C=O) groups excluding carboxylic acids is 2. The number of carbonyl (C=O) groups is 2. The van der Waals surface area contributed by atoms with Crippen LogP contribution in [-0.4, -0.2) is 36.3 Å². The predicted octanol–water partition coefficient (Wildman–Crippen LogP) is 1.48. The van der Waals surface area contributed by atoms with Gasteiger partial charge in [0.15, 0.2) is 0 Å². The van der Waals surface area contributed by atoms with Gasteiger partial charge in [0, 0.05) is 12.8 Å². The van der Waals surface area contributed by atoms with E-state index in [4.69, 9.17) is 14.2 Å². The Kier molecular flexibility index (Phi) is 5.39. The average molecular weight is 309 g/mol. The van der Waals surface area contributed by atoms with Crippen molar-refractivity contribution in [3.63, 3.8) is 0 Å². The van der Waals surface area contributed by atoms with Gasteiger partial charge in [0.2, 0.25) is 0 Å². The predicted molar refractivity (Wildman–Crippen MR) is 63.5 cm³/mol. The topological polar surface area (TPSA) is 61.8 Å². The Hall–Kier alpha value is -0.620. The zero-order valence-electron chi connectivity index (χ0n) is 10.1. The third kappa shape index (κ3) is 3.67. The van der Waals surface area contributed by atoms with E-state index in [0.29, 0.717) is 6.47 Å². The maximum atomic E-state index is 11.0. The maximum Gasteiger partial charge on any atom is 0.303 e. The maximum absolute atomic E-state index is 11.0. The summed E-state index contributed by atoms with van der Waals surface area (Å²) in [6.45, 7) is 5.96. The second-order valence-electron chi connectivity index (χ2n) is 4.25. The van der Waals surface area contributed by atoms with E-state index in [2.05, 4.69) is 15.9 Å². The van der Waals surface area contributed by atoms with Crippen LogP contribution in [0.2, 0.25) is 0 Å². The summed E-state index contributed by atoms with van der Waals surface area (Å²) in [4.78, 5) is 21.2. The number of halogens is 1. The molecule has 5 atom stereocenters. The summed E-state index contributed by atoms with van der Waals surface area (Å²) >= 11 is 3.34. The summed E-state index contributed by atoms with van der Waals surface area (Å²) in [6.07, 6.45) is -0.513. The molecular weight excluding hydrogens is 292 g/mol. The van der Waals surface area contributed by atoms with Gasteiger partial charge in [0.25, 0.3) is 6.47 Å². The molecule has 0 radical (unpaired) electrons. The summed E-state index contributed by atoms with van der Waals surface area (Å²) in [5.74, 6) is -0.0740. The first-order valence-corrected chi connectivity index (χ1v) is 6.41. The molecule has 0 aromatic heterocycles. The van der Waals surface area contributed by atoms with E-state index in [1.165, 1.54) is 6.92 Å². The lowest BCUT2D eigenvalue weighted by Gasteiger charge is -2.41. The van der Waals surface area contributed by atoms with Crippen molar-refractivity contribution in [1.82, 2.24) is 0 Å². The van der Waals surface area contributed by atoms with Gasteiger partial charge in [-0.25, -0.2) is 0 Å². The van der Waals surface area contributed by atoms with Crippen LogP contribution in [0.15, 0.2) is 0 Å². The molecule has 17 heavy (non-hydrogen) atoms. The van der Waals surface area contributed by atoms with Crippen LogP contribution in [0.25, 0.3) is 0 Å². The Morgan fingerprint density at radius 1 is 1.41 bits per heavy atom. The molecule has 0 aromatic carbocycles. The van der Waals surface area contributed by atoms with Crippen LogP contribution >= 0.6 is 15.9 Å². The SMILES string of the molecule is CC(=O)OC1C(Br)OC(COC=O)C(C)C1C. The van der Waals surface area contributed by atoms with Gasteiger partial charge in [0.1, 0.15) is 17.7 Å². The monoisotopic (exact) mass is 308 g/mol.